The summed E-state index contributed by atoms with van der Waals surface area (Å²) < 4.78 is 0. The second-order valence-electron chi connectivity index (χ2n) is 2.25. The van der Waals surface area contributed by atoms with Crippen LogP contribution in [0.15, 0.2) is 16.5 Å². The third-order valence-corrected chi connectivity index (χ3v) is 1.52. The Kier molecular flexibility index (Phi) is 1.03. The van der Waals surface area contributed by atoms with E-state index in [9.17, 15) is 4.79 Å². The molecule has 0 radical (unpaired) electrons. The Hall–Kier alpha value is -1.72. The summed E-state index contributed by atoms with van der Waals surface area (Å²) in [6.45, 7) is 0. The number of hydrogen-bond acceptors (Lipinski definition) is 4. The lowest BCUT2D eigenvalue weighted by atomic mass is 10.3. The van der Waals surface area contributed by atoms with Crippen LogP contribution >= 0.6 is 0 Å². The number of nitrogens with zero attached hydrogens (tertiary/aromatic N) is 1. The molecule has 0 bridgehead atoms. The van der Waals surface area contributed by atoms with Gasteiger partial charge in [0.1, 0.15) is 11.5 Å². The topological polar surface area (TPSA) is 91.5 Å². The van der Waals surface area contributed by atoms with Crippen molar-refractivity contribution in [1.82, 2.24) is 16.0 Å². The molecule has 0 spiro atoms. The number of carbonyl (C=O) groups is 1. The van der Waals surface area contributed by atoms with Crippen molar-refractivity contribution in [3.8, 4) is 0 Å². The first kappa shape index (κ1) is 6.02. The summed E-state index contributed by atoms with van der Waals surface area (Å²) in [5, 5.41) is 7.79. The third kappa shape index (κ3) is 0.794. The average molecular weight is 153 g/mol. The van der Waals surface area contributed by atoms with Gasteiger partial charge in [0.15, 0.2) is 6.17 Å². The van der Waals surface area contributed by atoms with Crippen LogP contribution in [0, 0.1) is 0 Å². The van der Waals surface area contributed by atoms with Crippen molar-refractivity contribution in [2.45, 2.75) is 6.17 Å². The van der Waals surface area contributed by atoms with Gasteiger partial charge in [0, 0.05) is 0 Å². The molecule has 6 nitrogen and oxygen atoms in total. The lowest BCUT2D eigenvalue weighted by Gasteiger charge is -2.20. The molecule has 0 aromatic heterocycles. The van der Waals surface area contributed by atoms with Crippen LogP contribution in [0.3, 0.4) is 0 Å². The highest BCUT2D eigenvalue weighted by molar-refractivity contribution is 5.80. The van der Waals surface area contributed by atoms with E-state index in [4.69, 9.17) is 5.73 Å². The fourth-order valence-corrected chi connectivity index (χ4v) is 1.02. The number of aliphatic imine (C=N–C) groups is 1. The van der Waals surface area contributed by atoms with E-state index in [1.165, 1.54) is 6.34 Å². The first-order valence-electron chi connectivity index (χ1n) is 3.13. The fraction of sp³-hybridized carbons (Fsp3) is 0.200. The van der Waals surface area contributed by atoms with Gasteiger partial charge in [0.05, 0.1) is 6.34 Å². The number of fused-ring (bicyclic) bond motifs is 1. The highest BCUT2D eigenvalue weighted by Gasteiger charge is 2.26. The zero-order chi connectivity index (χ0) is 7.84. The fourth-order valence-electron chi connectivity index (χ4n) is 1.02. The Morgan fingerprint density at radius 2 is 2.45 bits per heavy atom. The lowest BCUT2D eigenvalue weighted by Crippen LogP contribution is -2.50. The number of carbonyl (C=O) groups excluding carboxylic acids is 1. The molecular formula is C5H7N5O. The van der Waals surface area contributed by atoms with Crippen LogP contribution < -0.4 is 21.7 Å². The highest BCUT2D eigenvalue weighted by atomic mass is 16.2. The molecule has 2 aliphatic rings. The minimum Gasteiger partial charge on any atom is -0.384 e. The monoisotopic (exact) mass is 153 g/mol. The number of urea groups is 1. The van der Waals surface area contributed by atoms with Gasteiger partial charge in [0.2, 0.25) is 0 Å². The molecule has 0 aromatic rings. The Balaban J connectivity index is 2.35. The van der Waals surface area contributed by atoms with Crippen LogP contribution in [0.1, 0.15) is 0 Å². The Morgan fingerprint density at radius 1 is 1.64 bits per heavy atom. The summed E-state index contributed by atoms with van der Waals surface area (Å²) in [7, 11) is 0. The number of amides is 2. The van der Waals surface area contributed by atoms with Gasteiger partial charge in [-0.05, 0) is 0 Å². The van der Waals surface area contributed by atoms with Gasteiger partial charge in [-0.3, -0.25) is 5.32 Å². The molecule has 2 heterocycles. The Bertz CT molecular complexity index is 268. The van der Waals surface area contributed by atoms with E-state index in [1.807, 2.05) is 0 Å². The van der Waals surface area contributed by atoms with E-state index in [1.54, 1.807) is 0 Å². The van der Waals surface area contributed by atoms with Crippen molar-refractivity contribution in [3.05, 3.63) is 11.5 Å². The van der Waals surface area contributed by atoms with E-state index in [0.717, 1.165) is 0 Å². The summed E-state index contributed by atoms with van der Waals surface area (Å²) in [5.74, 6) is 0.330. The second kappa shape index (κ2) is 1.88. The van der Waals surface area contributed by atoms with Gasteiger partial charge in [-0.25, -0.2) is 9.79 Å². The highest BCUT2D eigenvalue weighted by Crippen LogP contribution is 2.09. The van der Waals surface area contributed by atoms with Crippen molar-refractivity contribution in [2.75, 3.05) is 0 Å². The largest absolute Gasteiger partial charge is 0.384 e. The van der Waals surface area contributed by atoms with E-state index < -0.39 is 0 Å². The SMILES string of the molecule is NC1=C2NC=NC2NC(=O)N1. The average Bonchev–Trinajstić information content (AvgIpc) is 2.34. The van der Waals surface area contributed by atoms with E-state index >= 15 is 0 Å². The second-order valence-corrected chi connectivity index (χ2v) is 2.25. The van der Waals surface area contributed by atoms with E-state index in [0.29, 0.717) is 11.5 Å². The summed E-state index contributed by atoms with van der Waals surface area (Å²) in [6, 6.07) is -0.322. The third-order valence-electron chi connectivity index (χ3n) is 1.52. The number of nitrogens with one attached hydrogen (secondary N) is 3. The minimum absolute atomic E-state index is 0.322. The summed E-state index contributed by atoms with van der Waals surface area (Å²) in [6.07, 6.45) is 1.17. The van der Waals surface area contributed by atoms with Crippen LogP contribution in [-0.4, -0.2) is 18.5 Å². The van der Waals surface area contributed by atoms with Crippen molar-refractivity contribution in [3.63, 3.8) is 0 Å². The molecule has 0 aliphatic carbocycles. The van der Waals surface area contributed by atoms with E-state index in [2.05, 4.69) is 20.9 Å². The molecule has 11 heavy (non-hydrogen) atoms. The van der Waals surface area contributed by atoms with Crippen molar-refractivity contribution < 1.29 is 4.79 Å². The Morgan fingerprint density at radius 3 is 3.27 bits per heavy atom. The molecule has 1 atom stereocenters. The molecule has 2 amide bonds. The van der Waals surface area contributed by atoms with Crippen molar-refractivity contribution in [1.29, 1.82) is 0 Å². The van der Waals surface area contributed by atoms with Crippen molar-refractivity contribution in [2.24, 2.45) is 10.7 Å². The Labute approximate surface area is 62.5 Å². The first-order valence-corrected chi connectivity index (χ1v) is 3.13. The lowest BCUT2D eigenvalue weighted by molar-refractivity contribution is 0.238. The van der Waals surface area contributed by atoms with Crippen LogP contribution in [-0.2, 0) is 0 Å². The molecule has 6 heteroatoms. The summed E-state index contributed by atoms with van der Waals surface area (Å²) in [5.41, 5.74) is 6.17. The minimum atomic E-state index is -0.330. The van der Waals surface area contributed by atoms with Gasteiger partial charge in [-0.1, -0.05) is 0 Å². The molecule has 5 N–H and O–H groups in total. The van der Waals surface area contributed by atoms with Crippen LogP contribution in [0.5, 0.6) is 0 Å². The summed E-state index contributed by atoms with van der Waals surface area (Å²) >= 11 is 0. The zero-order valence-electron chi connectivity index (χ0n) is 5.59. The van der Waals surface area contributed by atoms with Gasteiger partial charge in [-0.15, -0.1) is 0 Å². The molecule has 0 saturated carbocycles. The standard InChI is InChI=1S/C5H7N5O/c6-3-2-4(8-1-7-2)10-5(11)9-3/h1,4H,6H2,(H,7,8)(H2,9,10,11). The quantitative estimate of drug-likeness (QED) is 0.337. The predicted molar refractivity (Wildman–Crippen MR) is 38.3 cm³/mol. The van der Waals surface area contributed by atoms with Crippen molar-refractivity contribution >= 4 is 12.4 Å². The van der Waals surface area contributed by atoms with Crippen LogP contribution in [0.4, 0.5) is 4.79 Å². The molecule has 1 unspecified atom stereocenters. The van der Waals surface area contributed by atoms with Gasteiger partial charge < -0.3 is 16.4 Å². The zero-order valence-corrected chi connectivity index (χ0v) is 5.59. The number of hydrogen-bond donors (Lipinski definition) is 4. The maximum absolute atomic E-state index is 10.8. The van der Waals surface area contributed by atoms with Gasteiger partial charge >= 0.3 is 6.03 Å². The molecule has 0 saturated heterocycles. The number of nitrogens with two attached hydrogens (primary N) is 1. The number of rotatable bonds is 0. The van der Waals surface area contributed by atoms with E-state index in [-0.39, 0.29) is 12.2 Å². The molecule has 2 rings (SSSR count). The normalized spacial score (nSPS) is 27.3. The maximum atomic E-state index is 10.8. The predicted octanol–water partition coefficient (Wildman–Crippen LogP) is -1.62. The summed E-state index contributed by atoms with van der Waals surface area (Å²) in [4.78, 5) is 14.7. The van der Waals surface area contributed by atoms with Gasteiger partial charge in [-0.2, -0.15) is 0 Å². The molecule has 58 valence electrons. The smallest absolute Gasteiger partial charge is 0.322 e. The van der Waals surface area contributed by atoms with Gasteiger partial charge in [0.25, 0.3) is 0 Å². The molecule has 2 aliphatic heterocycles. The van der Waals surface area contributed by atoms with Crippen LogP contribution in [0.2, 0.25) is 0 Å². The molecular weight excluding hydrogens is 146 g/mol. The molecule has 0 aromatic carbocycles. The molecule has 0 fully saturated rings. The van der Waals surface area contributed by atoms with Crippen LogP contribution in [0.25, 0.3) is 0 Å². The maximum Gasteiger partial charge on any atom is 0.322 e. The first-order chi connectivity index (χ1) is 5.27.